The maximum absolute atomic E-state index is 12.8. The lowest BCUT2D eigenvalue weighted by atomic mass is 10.00. The van der Waals surface area contributed by atoms with E-state index in [0.29, 0.717) is 4.47 Å². The quantitative estimate of drug-likeness (QED) is 0.800. The van der Waals surface area contributed by atoms with Crippen molar-refractivity contribution >= 4 is 21.9 Å². The first-order valence-corrected chi connectivity index (χ1v) is 5.95. The molecular formula is C12H10BrF2NO2. The van der Waals surface area contributed by atoms with Crippen molar-refractivity contribution in [2.24, 2.45) is 0 Å². The molecule has 3 nitrogen and oxygen atoms in total. The fourth-order valence-electron chi connectivity index (χ4n) is 1.50. The van der Waals surface area contributed by atoms with Crippen LogP contribution in [0.5, 0.6) is 0 Å². The van der Waals surface area contributed by atoms with E-state index >= 15 is 0 Å². The first-order valence-electron chi connectivity index (χ1n) is 5.15. The van der Waals surface area contributed by atoms with Crippen molar-refractivity contribution in [3.63, 3.8) is 0 Å². The van der Waals surface area contributed by atoms with Crippen molar-refractivity contribution < 1.29 is 18.3 Å². The molecule has 1 aromatic rings. The predicted molar refractivity (Wildman–Crippen MR) is 64.2 cm³/mol. The summed E-state index contributed by atoms with van der Waals surface area (Å²) in [5, 5.41) is 8.93. The number of nitriles is 1. The zero-order chi connectivity index (χ0) is 13.7. The third-order valence-corrected chi connectivity index (χ3v) is 2.66. The van der Waals surface area contributed by atoms with Crippen molar-refractivity contribution in [3.8, 4) is 6.07 Å². The summed E-state index contributed by atoms with van der Waals surface area (Å²) in [5.41, 5.74) is -0.312. The molecule has 0 aliphatic heterocycles. The summed E-state index contributed by atoms with van der Waals surface area (Å²) < 4.78 is 30.7. The summed E-state index contributed by atoms with van der Waals surface area (Å²) in [5.74, 6) is -0.549. The van der Waals surface area contributed by atoms with Gasteiger partial charge in [-0.15, -0.1) is 0 Å². The summed E-state index contributed by atoms with van der Waals surface area (Å²) in [6, 6.07) is 4.36. The van der Waals surface area contributed by atoms with E-state index in [0.717, 1.165) is 0 Å². The van der Waals surface area contributed by atoms with Gasteiger partial charge in [0.05, 0.1) is 24.7 Å². The van der Waals surface area contributed by atoms with E-state index in [9.17, 15) is 13.6 Å². The smallest absolute Gasteiger partial charge is 0.310 e. The maximum Gasteiger partial charge on any atom is 0.310 e. The van der Waals surface area contributed by atoms with Gasteiger partial charge in [-0.3, -0.25) is 4.79 Å². The average molecular weight is 318 g/mol. The van der Waals surface area contributed by atoms with Gasteiger partial charge in [-0.1, -0.05) is 15.9 Å². The zero-order valence-electron chi connectivity index (χ0n) is 9.54. The summed E-state index contributed by atoms with van der Waals surface area (Å²) in [6.45, 7) is 1.85. The minimum atomic E-state index is -2.77. The van der Waals surface area contributed by atoms with Crippen LogP contribution in [0.4, 0.5) is 8.78 Å². The lowest BCUT2D eigenvalue weighted by Crippen LogP contribution is -2.10. The summed E-state index contributed by atoms with van der Waals surface area (Å²) in [6.07, 6.45) is -2.96. The molecule has 0 saturated heterocycles. The number of ether oxygens (including phenoxy) is 1. The second kappa shape index (κ2) is 6.45. The van der Waals surface area contributed by atoms with E-state index in [2.05, 4.69) is 15.9 Å². The minimum absolute atomic E-state index is 0.166. The Labute approximate surface area is 111 Å². The van der Waals surface area contributed by atoms with Crippen LogP contribution in [0.15, 0.2) is 16.6 Å². The SMILES string of the molecule is CCOC(=O)Cc1cc(Br)cc(C(F)F)c1C#N. The highest BCUT2D eigenvalue weighted by atomic mass is 79.9. The molecule has 0 fully saturated rings. The van der Waals surface area contributed by atoms with Crippen molar-refractivity contribution in [1.82, 2.24) is 0 Å². The molecule has 1 rings (SSSR count). The van der Waals surface area contributed by atoms with E-state index < -0.39 is 12.4 Å². The standard InChI is InChI=1S/C12H10BrF2NO2/c1-2-18-11(17)4-7-3-8(13)5-9(12(14)15)10(7)6-16/h3,5,12H,2,4H2,1H3. The molecule has 96 valence electrons. The molecule has 1 aromatic carbocycles. The molecule has 0 amide bonds. The Morgan fingerprint density at radius 3 is 2.72 bits per heavy atom. The summed E-state index contributed by atoms with van der Waals surface area (Å²) in [4.78, 5) is 11.3. The molecule has 0 radical (unpaired) electrons. The lowest BCUT2D eigenvalue weighted by molar-refractivity contribution is -0.142. The number of hydrogen-bond acceptors (Lipinski definition) is 3. The first kappa shape index (κ1) is 14.6. The Hall–Kier alpha value is -1.48. The van der Waals surface area contributed by atoms with Gasteiger partial charge in [0, 0.05) is 10.0 Å². The normalized spacial score (nSPS) is 10.2. The molecule has 18 heavy (non-hydrogen) atoms. The monoisotopic (exact) mass is 317 g/mol. The molecule has 0 bridgehead atoms. The Morgan fingerprint density at radius 2 is 2.22 bits per heavy atom. The second-order valence-electron chi connectivity index (χ2n) is 3.42. The van der Waals surface area contributed by atoms with Crippen LogP contribution in [-0.2, 0) is 16.0 Å². The van der Waals surface area contributed by atoms with Gasteiger partial charge in [-0.05, 0) is 24.6 Å². The van der Waals surface area contributed by atoms with Crippen LogP contribution in [0, 0.1) is 11.3 Å². The third kappa shape index (κ3) is 3.50. The van der Waals surface area contributed by atoms with Gasteiger partial charge in [0.15, 0.2) is 0 Å². The highest BCUT2D eigenvalue weighted by molar-refractivity contribution is 9.10. The molecule has 0 spiro atoms. The van der Waals surface area contributed by atoms with Gasteiger partial charge in [0.1, 0.15) is 0 Å². The Kier molecular flexibility index (Phi) is 5.23. The number of rotatable bonds is 4. The zero-order valence-corrected chi connectivity index (χ0v) is 11.1. The largest absolute Gasteiger partial charge is 0.466 e. The molecule has 0 unspecified atom stereocenters. The van der Waals surface area contributed by atoms with Crippen molar-refractivity contribution in [3.05, 3.63) is 33.3 Å². The maximum atomic E-state index is 12.8. The van der Waals surface area contributed by atoms with E-state index in [1.165, 1.54) is 12.1 Å². The fraction of sp³-hybridized carbons (Fsp3) is 0.333. The Bertz CT molecular complexity index is 498. The van der Waals surface area contributed by atoms with Crippen LogP contribution in [0.1, 0.15) is 30.0 Å². The van der Waals surface area contributed by atoms with Gasteiger partial charge < -0.3 is 4.74 Å². The van der Waals surface area contributed by atoms with Crippen LogP contribution in [-0.4, -0.2) is 12.6 Å². The molecule has 0 aliphatic carbocycles. The highest BCUT2D eigenvalue weighted by Gasteiger charge is 2.19. The third-order valence-electron chi connectivity index (χ3n) is 2.20. The predicted octanol–water partition coefficient (Wildman–Crippen LogP) is 3.36. The molecule has 0 atom stereocenters. The lowest BCUT2D eigenvalue weighted by Gasteiger charge is -2.09. The molecule has 6 heteroatoms. The van der Waals surface area contributed by atoms with Gasteiger partial charge in [-0.25, -0.2) is 8.78 Å². The van der Waals surface area contributed by atoms with E-state index in [4.69, 9.17) is 10.00 Å². The molecular weight excluding hydrogens is 308 g/mol. The average Bonchev–Trinajstić information content (AvgIpc) is 2.28. The number of benzene rings is 1. The van der Waals surface area contributed by atoms with Gasteiger partial charge in [-0.2, -0.15) is 5.26 Å². The molecule has 0 N–H and O–H groups in total. The van der Waals surface area contributed by atoms with Crippen LogP contribution < -0.4 is 0 Å². The van der Waals surface area contributed by atoms with Gasteiger partial charge in [0.25, 0.3) is 6.43 Å². The fourth-order valence-corrected chi connectivity index (χ4v) is 2.02. The Morgan fingerprint density at radius 1 is 1.56 bits per heavy atom. The number of carbonyl (C=O) groups excluding carboxylic acids is 1. The number of hydrogen-bond donors (Lipinski definition) is 0. The van der Waals surface area contributed by atoms with Crippen molar-refractivity contribution in [2.45, 2.75) is 19.8 Å². The van der Waals surface area contributed by atoms with Crippen molar-refractivity contribution in [1.29, 1.82) is 5.26 Å². The Balaban J connectivity index is 3.18. The number of carbonyl (C=O) groups is 1. The number of esters is 1. The van der Waals surface area contributed by atoms with E-state index in [-0.39, 0.29) is 29.7 Å². The molecule has 0 aromatic heterocycles. The number of nitrogens with zero attached hydrogens (tertiary/aromatic N) is 1. The summed E-state index contributed by atoms with van der Waals surface area (Å²) >= 11 is 3.08. The van der Waals surface area contributed by atoms with Gasteiger partial charge in [0.2, 0.25) is 0 Å². The van der Waals surface area contributed by atoms with Crippen LogP contribution >= 0.6 is 15.9 Å². The molecule has 0 aliphatic rings. The van der Waals surface area contributed by atoms with E-state index in [1.54, 1.807) is 13.0 Å². The molecule has 0 heterocycles. The second-order valence-corrected chi connectivity index (χ2v) is 4.34. The van der Waals surface area contributed by atoms with E-state index in [1.807, 2.05) is 0 Å². The molecule has 0 saturated carbocycles. The van der Waals surface area contributed by atoms with Crippen LogP contribution in [0.2, 0.25) is 0 Å². The topological polar surface area (TPSA) is 50.1 Å². The first-order chi connectivity index (χ1) is 8.49. The number of alkyl halides is 2. The van der Waals surface area contributed by atoms with Crippen LogP contribution in [0.25, 0.3) is 0 Å². The van der Waals surface area contributed by atoms with Gasteiger partial charge >= 0.3 is 5.97 Å². The minimum Gasteiger partial charge on any atom is -0.466 e. The van der Waals surface area contributed by atoms with Crippen LogP contribution in [0.3, 0.4) is 0 Å². The van der Waals surface area contributed by atoms with Crippen molar-refractivity contribution in [2.75, 3.05) is 6.61 Å². The number of halogens is 3. The highest BCUT2D eigenvalue weighted by Crippen LogP contribution is 2.29. The summed E-state index contributed by atoms with van der Waals surface area (Å²) in [7, 11) is 0.